The van der Waals surface area contributed by atoms with E-state index in [0.717, 1.165) is 35.5 Å². The average Bonchev–Trinajstić information content (AvgIpc) is 3.24. The Morgan fingerprint density at radius 3 is 2.65 bits per heavy atom. The minimum absolute atomic E-state index is 0.0454. The van der Waals surface area contributed by atoms with Crippen LogP contribution in [0.3, 0.4) is 0 Å². The summed E-state index contributed by atoms with van der Waals surface area (Å²) in [5.74, 6) is 1.92. The number of nitrogens with two attached hydrogens (primary N) is 1. The largest absolute Gasteiger partial charge is 0.488 e. The molecule has 1 aliphatic rings. The van der Waals surface area contributed by atoms with Gasteiger partial charge in [0.1, 0.15) is 12.4 Å². The zero-order valence-electron chi connectivity index (χ0n) is 19.3. The Morgan fingerprint density at radius 2 is 1.79 bits per heavy atom. The molecule has 1 aliphatic carbocycles. The van der Waals surface area contributed by atoms with Crippen molar-refractivity contribution in [1.29, 1.82) is 0 Å². The Bertz CT molecular complexity index is 1280. The fourth-order valence-corrected chi connectivity index (χ4v) is 4.72. The van der Waals surface area contributed by atoms with E-state index in [1.54, 1.807) is 12.1 Å². The van der Waals surface area contributed by atoms with Gasteiger partial charge in [-0.2, -0.15) is 0 Å². The molecule has 5 nitrogen and oxygen atoms in total. The van der Waals surface area contributed by atoms with Crippen LogP contribution in [0, 0.1) is 0 Å². The molecule has 0 amide bonds. The van der Waals surface area contributed by atoms with Crippen molar-refractivity contribution in [2.24, 2.45) is 0 Å². The summed E-state index contributed by atoms with van der Waals surface area (Å²) in [7, 11) is 0. The molecule has 0 saturated carbocycles. The predicted molar refractivity (Wildman–Crippen MR) is 135 cm³/mol. The zero-order chi connectivity index (χ0) is 23.3. The number of aryl methyl sites for hydroxylation is 2. The molecule has 1 heterocycles. The summed E-state index contributed by atoms with van der Waals surface area (Å²) in [6, 6.07) is 23.5. The van der Waals surface area contributed by atoms with Crippen LogP contribution in [-0.2, 0) is 19.4 Å². The van der Waals surface area contributed by atoms with Gasteiger partial charge in [-0.3, -0.25) is 9.69 Å². The second-order valence-electron chi connectivity index (χ2n) is 8.94. The van der Waals surface area contributed by atoms with Crippen LogP contribution in [0.25, 0.3) is 11.0 Å². The lowest BCUT2D eigenvalue weighted by atomic mass is 9.96. The van der Waals surface area contributed by atoms with Gasteiger partial charge in [-0.05, 0) is 43.0 Å². The SMILES string of the molecule is Nc1cccc(C(=O)CN(CCOc2cccc3c4c(oc23)CCCC4)Cc2ccccc2)c1. The molecule has 0 aliphatic heterocycles. The van der Waals surface area contributed by atoms with Crippen molar-refractivity contribution in [3.05, 3.63) is 95.2 Å². The topological polar surface area (TPSA) is 68.7 Å². The standard InChI is InChI=1S/C29H30N2O3/c30-23-11-6-10-22(18-23)26(32)20-31(19-21-8-2-1-3-9-21)16-17-33-28-15-7-13-25-24-12-4-5-14-27(24)34-29(25)28/h1-3,6-11,13,15,18H,4-5,12,14,16-17,19-20,30H2. The van der Waals surface area contributed by atoms with Gasteiger partial charge in [0.25, 0.3) is 0 Å². The predicted octanol–water partition coefficient (Wildman–Crippen LogP) is 5.66. The van der Waals surface area contributed by atoms with Gasteiger partial charge in [0.15, 0.2) is 17.1 Å². The molecule has 0 saturated heterocycles. The number of hydrogen-bond acceptors (Lipinski definition) is 5. The molecule has 4 aromatic rings. The van der Waals surface area contributed by atoms with E-state index >= 15 is 0 Å². The van der Waals surface area contributed by atoms with Crippen LogP contribution in [0.15, 0.2) is 77.2 Å². The number of ketones is 1. The van der Waals surface area contributed by atoms with Gasteiger partial charge < -0.3 is 14.9 Å². The third kappa shape index (κ3) is 5.00. The molecule has 3 aromatic carbocycles. The number of ether oxygens (including phenoxy) is 1. The van der Waals surface area contributed by atoms with Crippen molar-refractivity contribution in [3.8, 4) is 5.75 Å². The van der Waals surface area contributed by atoms with Crippen molar-refractivity contribution >= 4 is 22.4 Å². The molecule has 0 radical (unpaired) electrons. The number of nitrogen functional groups attached to an aromatic ring is 1. The summed E-state index contributed by atoms with van der Waals surface area (Å²) < 4.78 is 12.4. The molecule has 0 spiro atoms. The Labute approximate surface area is 200 Å². The summed E-state index contributed by atoms with van der Waals surface area (Å²) in [4.78, 5) is 15.1. The summed E-state index contributed by atoms with van der Waals surface area (Å²) in [5.41, 5.74) is 10.4. The third-order valence-corrected chi connectivity index (χ3v) is 6.44. The first-order valence-electron chi connectivity index (χ1n) is 12.0. The van der Waals surface area contributed by atoms with Crippen LogP contribution in [-0.4, -0.2) is 30.4 Å². The van der Waals surface area contributed by atoms with Crippen molar-refractivity contribution in [3.63, 3.8) is 0 Å². The van der Waals surface area contributed by atoms with Crippen LogP contribution < -0.4 is 10.5 Å². The highest BCUT2D eigenvalue weighted by atomic mass is 16.5. The van der Waals surface area contributed by atoms with E-state index in [2.05, 4.69) is 23.1 Å². The number of carbonyl (C=O) groups excluding carboxylic acids is 1. The van der Waals surface area contributed by atoms with Gasteiger partial charge in [0.05, 0.1) is 6.54 Å². The van der Waals surface area contributed by atoms with E-state index in [1.165, 1.54) is 23.8 Å². The van der Waals surface area contributed by atoms with E-state index in [1.807, 2.05) is 42.5 Å². The van der Waals surface area contributed by atoms with Crippen molar-refractivity contribution in [2.45, 2.75) is 32.2 Å². The summed E-state index contributed by atoms with van der Waals surface area (Å²) in [5, 5.41) is 1.17. The van der Waals surface area contributed by atoms with Gasteiger partial charge in [0.2, 0.25) is 0 Å². The first-order chi connectivity index (χ1) is 16.7. The fourth-order valence-electron chi connectivity index (χ4n) is 4.72. The zero-order valence-corrected chi connectivity index (χ0v) is 19.3. The number of benzene rings is 3. The van der Waals surface area contributed by atoms with E-state index in [-0.39, 0.29) is 5.78 Å². The van der Waals surface area contributed by atoms with Gasteiger partial charge in [-0.15, -0.1) is 0 Å². The molecule has 0 bridgehead atoms. The van der Waals surface area contributed by atoms with Gasteiger partial charge >= 0.3 is 0 Å². The molecule has 34 heavy (non-hydrogen) atoms. The maximum absolute atomic E-state index is 13.0. The minimum Gasteiger partial charge on any atom is -0.488 e. The minimum atomic E-state index is 0.0454. The number of anilines is 1. The lowest BCUT2D eigenvalue weighted by Gasteiger charge is -2.22. The van der Waals surface area contributed by atoms with Crippen LogP contribution in [0.5, 0.6) is 5.75 Å². The first-order valence-corrected chi connectivity index (χ1v) is 12.0. The fraction of sp³-hybridized carbons (Fsp3) is 0.276. The number of furan rings is 1. The smallest absolute Gasteiger partial charge is 0.176 e. The van der Waals surface area contributed by atoms with Crippen molar-refractivity contribution in [1.82, 2.24) is 4.90 Å². The van der Waals surface area contributed by atoms with Crippen LogP contribution >= 0.6 is 0 Å². The average molecular weight is 455 g/mol. The summed E-state index contributed by atoms with van der Waals surface area (Å²) >= 11 is 0. The summed E-state index contributed by atoms with van der Waals surface area (Å²) in [6.07, 6.45) is 4.46. The van der Waals surface area contributed by atoms with E-state index in [4.69, 9.17) is 14.9 Å². The monoisotopic (exact) mass is 454 g/mol. The molecule has 5 rings (SSSR count). The Morgan fingerprint density at radius 1 is 0.971 bits per heavy atom. The normalized spacial score (nSPS) is 13.2. The molecule has 1 aromatic heterocycles. The number of Topliss-reactive ketones (excluding diaryl/α,β-unsaturated/α-hetero) is 1. The number of para-hydroxylation sites is 1. The quantitative estimate of drug-likeness (QED) is 0.261. The molecule has 174 valence electrons. The highest BCUT2D eigenvalue weighted by molar-refractivity contribution is 5.98. The Kier molecular flexibility index (Phi) is 6.63. The van der Waals surface area contributed by atoms with Gasteiger partial charge in [0, 0.05) is 41.7 Å². The second kappa shape index (κ2) is 10.1. The van der Waals surface area contributed by atoms with Crippen LogP contribution in [0.4, 0.5) is 5.69 Å². The van der Waals surface area contributed by atoms with E-state index in [9.17, 15) is 4.79 Å². The maximum Gasteiger partial charge on any atom is 0.176 e. The molecule has 0 unspecified atom stereocenters. The van der Waals surface area contributed by atoms with E-state index < -0.39 is 0 Å². The Balaban J connectivity index is 1.29. The molecule has 0 atom stereocenters. The third-order valence-electron chi connectivity index (χ3n) is 6.44. The Hall–Kier alpha value is -3.57. The lowest BCUT2D eigenvalue weighted by molar-refractivity contribution is 0.0912. The highest BCUT2D eigenvalue weighted by Crippen LogP contribution is 2.36. The highest BCUT2D eigenvalue weighted by Gasteiger charge is 2.20. The van der Waals surface area contributed by atoms with Crippen LogP contribution in [0.1, 0.15) is 40.1 Å². The first kappa shape index (κ1) is 22.2. The molecule has 0 fully saturated rings. The number of rotatable bonds is 9. The lowest BCUT2D eigenvalue weighted by Crippen LogP contribution is -2.33. The summed E-state index contributed by atoms with van der Waals surface area (Å²) in [6.45, 7) is 2.03. The number of nitrogens with zero attached hydrogens (tertiary/aromatic N) is 1. The second-order valence-corrected chi connectivity index (χ2v) is 8.94. The number of fused-ring (bicyclic) bond motifs is 3. The molecule has 2 N–H and O–H groups in total. The van der Waals surface area contributed by atoms with Crippen LogP contribution in [0.2, 0.25) is 0 Å². The van der Waals surface area contributed by atoms with E-state index in [0.29, 0.717) is 37.5 Å². The van der Waals surface area contributed by atoms with Crippen molar-refractivity contribution in [2.75, 3.05) is 25.4 Å². The van der Waals surface area contributed by atoms with Crippen molar-refractivity contribution < 1.29 is 13.9 Å². The van der Waals surface area contributed by atoms with Gasteiger partial charge in [-0.1, -0.05) is 54.6 Å². The number of hydrogen-bond donors (Lipinski definition) is 1. The molecule has 5 heteroatoms. The molecular weight excluding hydrogens is 424 g/mol. The molecular formula is C29H30N2O3. The maximum atomic E-state index is 13.0. The van der Waals surface area contributed by atoms with Gasteiger partial charge in [-0.25, -0.2) is 0 Å². The number of carbonyl (C=O) groups is 1.